The molecular weight excluding hydrogens is 251 g/mol. The van der Waals surface area contributed by atoms with E-state index < -0.39 is 6.09 Å². The summed E-state index contributed by atoms with van der Waals surface area (Å²) >= 11 is 11.6. The van der Waals surface area contributed by atoms with Crippen molar-refractivity contribution in [1.29, 1.82) is 0 Å². The van der Waals surface area contributed by atoms with E-state index in [1.165, 1.54) is 0 Å². The van der Waals surface area contributed by atoms with E-state index in [2.05, 4.69) is 10.6 Å². The molecule has 1 aromatic rings. The van der Waals surface area contributed by atoms with Gasteiger partial charge in [0, 0.05) is 11.6 Å². The molecule has 0 heterocycles. The molecule has 6 heteroatoms. The fourth-order valence-electron chi connectivity index (χ4n) is 0.985. The molecule has 0 aliphatic heterocycles. The third-order valence-electron chi connectivity index (χ3n) is 1.75. The summed E-state index contributed by atoms with van der Waals surface area (Å²) in [6, 6.07) is 4.80. The minimum atomic E-state index is -0.556. The Morgan fingerprint density at radius 3 is 2.88 bits per heavy atom. The molecule has 0 aliphatic rings. The number of rotatable bonds is 4. The lowest BCUT2D eigenvalue weighted by Crippen LogP contribution is -2.20. The van der Waals surface area contributed by atoms with Crippen LogP contribution in [0.2, 0.25) is 10.0 Å². The molecular formula is C10H12Cl2N2O2. The smallest absolute Gasteiger partial charge is 0.411 e. The van der Waals surface area contributed by atoms with Crippen LogP contribution in [-0.2, 0) is 4.74 Å². The monoisotopic (exact) mass is 262 g/mol. The van der Waals surface area contributed by atoms with E-state index in [0.717, 1.165) is 0 Å². The number of carbonyl (C=O) groups excluding carboxylic acids is 1. The maximum Gasteiger partial charge on any atom is 0.411 e. The summed E-state index contributed by atoms with van der Waals surface area (Å²) in [5.74, 6) is 0. The van der Waals surface area contributed by atoms with Gasteiger partial charge in [0.05, 0.1) is 10.7 Å². The molecule has 88 valence electrons. The van der Waals surface area contributed by atoms with Gasteiger partial charge in [-0.3, -0.25) is 5.32 Å². The first kappa shape index (κ1) is 13.1. The zero-order valence-corrected chi connectivity index (χ0v) is 10.2. The maximum atomic E-state index is 11.3. The summed E-state index contributed by atoms with van der Waals surface area (Å²) in [5.41, 5.74) is 0.434. The molecule has 0 fully saturated rings. The Kier molecular flexibility index (Phi) is 5.38. The van der Waals surface area contributed by atoms with E-state index in [0.29, 0.717) is 28.9 Å². The molecule has 0 saturated heterocycles. The van der Waals surface area contributed by atoms with Crippen LogP contribution in [0.4, 0.5) is 10.5 Å². The average molecular weight is 263 g/mol. The normalized spacial score (nSPS) is 9.94. The second-order valence-electron chi connectivity index (χ2n) is 2.99. The minimum Gasteiger partial charge on any atom is -0.448 e. The molecule has 0 unspecified atom stereocenters. The van der Waals surface area contributed by atoms with Gasteiger partial charge in [0.25, 0.3) is 0 Å². The van der Waals surface area contributed by atoms with Crippen LogP contribution in [0.1, 0.15) is 0 Å². The van der Waals surface area contributed by atoms with Gasteiger partial charge < -0.3 is 10.1 Å². The van der Waals surface area contributed by atoms with Crippen LogP contribution in [0, 0.1) is 0 Å². The number of carbonyl (C=O) groups is 1. The second kappa shape index (κ2) is 6.58. The third-order valence-corrected chi connectivity index (χ3v) is 2.32. The van der Waals surface area contributed by atoms with Crippen LogP contribution < -0.4 is 10.6 Å². The van der Waals surface area contributed by atoms with Crippen molar-refractivity contribution in [3.8, 4) is 0 Å². The van der Waals surface area contributed by atoms with Gasteiger partial charge in [-0.1, -0.05) is 23.2 Å². The minimum absolute atomic E-state index is 0.292. The molecule has 0 saturated carbocycles. The predicted molar refractivity (Wildman–Crippen MR) is 65.4 cm³/mol. The number of hydrogen-bond acceptors (Lipinski definition) is 3. The van der Waals surface area contributed by atoms with Crippen molar-refractivity contribution in [2.75, 3.05) is 25.5 Å². The number of anilines is 1. The van der Waals surface area contributed by atoms with E-state index >= 15 is 0 Å². The topological polar surface area (TPSA) is 50.4 Å². The van der Waals surface area contributed by atoms with Crippen molar-refractivity contribution in [3.05, 3.63) is 28.2 Å². The molecule has 1 rings (SSSR count). The average Bonchev–Trinajstić information content (AvgIpc) is 2.24. The number of likely N-dealkylation sites (N-methyl/N-ethyl adjacent to an activating group) is 1. The Morgan fingerprint density at radius 2 is 2.19 bits per heavy atom. The third kappa shape index (κ3) is 4.26. The highest BCUT2D eigenvalue weighted by Crippen LogP contribution is 2.25. The highest BCUT2D eigenvalue weighted by molar-refractivity contribution is 6.35. The summed E-state index contributed by atoms with van der Waals surface area (Å²) in [6.45, 7) is 0.886. The van der Waals surface area contributed by atoms with Gasteiger partial charge in [0.2, 0.25) is 0 Å². The number of halogens is 2. The molecule has 0 aliphatic carbocycles. The van der Waals surface area contributed by atoms with Gasteiger partial charge in [-0.25, -0.2) is 4.79 Å². The Hall–Kier alpha value is -0.970. The largest absolute Gasteiger partial charge is 0.448 e. The Morgan fingerprint density at radius 1 is 1.44 bits per heavy atom. The van der Waals surface area contributed by atoms with E-state index in [-0.39, 0.29) is 0 Å². The first-order valence-electron chi connectivity index (χ1n) is 4.67. The Labute approximate surface area is 104 Å². The zero-order chi connectivity index (χ0) is 12.0. The number of nitrogens with one attached hydrogen (secondary N) is 2. The van der Waals surface area contributed by atoms with E-state index in [9.17, 15) is 4.79 Å². The molecule has 0 spiro atoms. The van der Waals surface area contributed by atoms with E-state index in [4.69, 9.17) is 27.9 Å². The molecule has 1 amide bonds. The maximum absolute atomic E-state index is 11.3. The summed E-state index contributed by atoms with van der Waals surface area (Å²) in [6.07, 6.45) is -0.556. The summed E-state index contributed by atoms with van der Waals surface area (Å²) in [7, 11) is 1.77. The summed E-state index contributed by atoms with van der Waals surface area (Å²) in [5, 5.41) is 6.27. The first-order valence-corrected chi connectivity index (χ1v) is 5.42. The van der Waals surface area contributed by atoms with Crippen molar-refractivity contribution in [2.24, 2.45) is 0 Å². The van der Waals surface area contributed by atoms with Gasteiger partial charge in [0.15, 0.2) is 0 Å². The molecule has 0 radical (unpaired) electrons. The van der Waals surface area contributed by atoms with E-state index in [1.807, 2.05) is 0 Å². The molecule has 1 aromatic carbocycles. The van der Waals surface area contributed by atoms with Gasteiger partial charge in [-0.15, -0.1) is 0 Å². The van der Waals surface area contributed by atoms with Gasteiger partial charge in [0.1, 0.15) is 6.61 Å². The van der Waals surface area contributed by atoms with Gasteiger partial charge in [-0.05, 0) is 25.2 Å². The van der Waals surface area contributed by atoms with Crippen LogP contribution in [0.25, 0.3) is 0 Å². The van der Waals surface area contributed by atoms with Crippen LogP contribution in [-0.4, -0.2) is 26.3 Å². The lowest BCUT2D eigenvalue weighted by Gasteiger charge is -2.08. The quantitative estimate of drug-likeness (QED) is 0.821. The molecule has 2 N–H and O–H groups in total. The van der Waals surface area contributed by atoms with Crippen molar-refractivity contribution in [2.45, 2.75) is 0 Å². The molecule has 0 bridgehead atoms. The van der Waals surface area contributed by atoms with Crippen molar-refractivity contribution in [3.63, 3.8) is 0 Å². The fourth-order valence-corrected chi connectivity index (χ4v) is 1.32. The first-order chi connectivity index (χ1) is 7.63. The number of ether oxygens (including phenoxy) is 1. The fraction of sp³-hybridized carbons (Fsp3) is 0.300. The molecule has 16 heavy (non-hydrogen) atoms. The number of amides is 1. The van der Waals surface area contributed by atoms with Crippen molar-refractivity contribution < 1.29 is 9.53 Å². The van der Waals surface area contributed by atoms with Crippen molar-refractivity contribution >= 4 is 35.0 Å². The summed E-state index contributed by atoms with van der Waals surface area (Å²) in [4.78, 5) is 11.3. The lowest BCUT2D eigenvalue weighted by molar-refractivity contribution is 0.163. The van der Waals surface area contributed by atoms with Crippen LogP contribution >= 0.6 is 23.2 Å². The van der Waals surface area contributed by atoms with Crippen molar-refractivity contribution in [1.82, 2.24) is 5.32 Å². The predicted octanol–water partition coefficient (Wildman–Crippen LogP) is 2.76. The lowest BCUT2D eigenvalue weighted by atomic mass is 10.3. The molecule has 0 atom stereocenters. The van der Waals surface area contributed by atoms with E-state index in [1.54, 1.807) is 25.2 Å². The summed E-state index contributed by atoms with van der Waals surface area (Å²) < 4.78 is 4.87. The molecule has 4 nitrogen and oxygen atoms in total. The van der Waals surface area contributed by atoms with Crippen LogP contribution in [0.3, 0.4) is 0 Å². The van der Waals surface area contributed by atoms with Crippen LogP contribution in [0.5, 0.6) is 0 Å². The Balaban J connectivity index is 2.52. The highest BCUT2D eigenvalue weighted by atomic mass is 35.5. The highest BCUT2D eigenvalue weighted by Gasteiger charge is 2.06. The second-order valence-corrected chi connectivity index (χ2v) is 3.83. The molecule has 0 aromatic heterocycles. The van der Waals surface area contributed by atoms with Gasteiger partial charge in [-0.2, -0.15) is 0 Å². The number of hydrogen-bond donors (Lipinski definition) is 2. The Bertz CT molecular complexity index is 372. The zero-order valence-electron chi connectivity index (χ0n) is 8.72. The number of benzene rings is 1. The van der Waals surface area contributed by atoms with Gasteiger partial charge >= 0.3 is 6.09 Å². The van der Waals surface area contributed by atoms with Crippen LogP contribution in [0.15, 0.2) is 18.2 Å². The SMILES string of the molecule is CNCCOC(=O)Nc1cc(Cl)ccc1Cl. The standard InChI is InChI=1S/C10H12Cl2N2O2/c1-13-4-5-16-10(15)14-9-6-7(11)2-3-8(9)12/h2-3,6,13H,4-5H2,1H3,(H,14,15).